The Labute approximate surface area is 140 Å². The lowest BCUT2D eigenvalue weighted by atomic mass is 10.0. The van der Waals surface area contributed by atoms with Gasteiger partial charge in [-0.2, -0.15) is 0 Å². The van der Waals surface area contributed by atoms with E-state index >= 15 is 0 Å². The molecule has 4 rings (SSSR count). The molecule has 8 heteroatoms. The SMILES string of the molecule is COc1cc2c(cc1-c1cn([C@@H]3CS(=O)(=O)C[C@H]3O)nn1)CCC2. The molecule has 0 spiro atoms. The molecule has 0 unspecified atom stereocenters. The number of aliphatic hydroxyl groups excluding tert-OH is 1. The van der Waals surface area contributed by atoms with E-state index in [1.165, 1.54) is 15.8 Å². The standard InChI is InChI=1S/C16H19N3O4S/c1-23-16-6-11-4-2-3-10(11)5-12(16)13-7-19(18-17-13)14-8-24(21,22)9-15(14)20/h5-7,14-15,20H,2-4,8-9H2,1H3/t14-,15-/m1/s1. The number of sulfone groups is 1. The summed E-state index contributed by atoms with van der Waals surface area (Å²) in [6.45, 7) is 0. The highest BCUT2D eigenvalue weighted by molar-refractivity contribution is 7.91. The molecule has 0 bridgehead atoms. The van der Waals surface area contributed by atoms with Gasteiger partial charge in [0.2, 0.25) is 0 Å². The molecule has 0 amide bonds. The van der Waals surface area contributed by atoms with Crippen LogP contribution in [0, 0.1) is 0 Å². The van der Waals surface area contributed by atoms with Crippen LogP contribution in [-0.4, -0.2) is 53.2 Å². The molecular formula is C16H19N3O4S. The quantitative estimate of drug-likeness (QED) is 0.880. The fourth-order valence-corrected chi connectivity index (χ4v) is 5.37. The van der Waals surface area contributed by atoms with E-state index in [1.807, 2.05) is 6.07 Å². The first kappa shape index (κ1) is 15.6. The van der Waals surface area contributed by atoms with Gasteiger partial charge in [0.1, 0.15) is 11.4 Å². The third kappa shape index (κ3) is 2.59. The molecule has 1 N–H and O–H groups in total. The first-order valence-electron chi connectivity index (χ1n) is 7.97. The van der Waals surface area contributed by atoms with E-state index in [1.54, 1.807) is 13.3 Å². The molecule has 2 heterocycles. The second-order valence-corrected chi connectivity index (χ2v) is 8.62. The lowest BCUT2D eigenvalue weighted by Crippen LogP contribution is -2.22. The van der Waals surface area contributed by atoms with Gasteiger partial charge in [0, 0.05) is 5.56 Å². The third-order valence-corrected chi connectivity index (χ3v) is 6.53. The molecule has 24 heavy (non-hydrogen) atoms. The predicted molar refractivity (Wildman–Crippen MR) is 87.7 cm³/mol. The van der Waals surface area contributed by atoms with Crippen molar-refractivity contribution < 1.29 is 18.3 Å². The van der Waals surface area contributed by atoms with Crippen LogP contribution in [0.2, 0.25) is 0 Å². The predicted octanol–water partition coefficient (Wildman–Crippen LogP) is 0.773. The van der Waals surface area contributed by atoms with Crippen molar-refractivity contribution in [3.8, 4) is 17.0 Å². The number of fused-ring (bicyclic) bond motifs is 1. The molecule has 2 aromatic rings. The van der Waals surface area contributed by atoms with E-state index in [9.17, 15) is 13.5 Å². The maximum Gasteiger partial charge on any atom is 0.155 e. The minimum Gasteiger partial charge on any atom is -0.496 e. The van der Waals surface area contributed by atoms with Crippen molar-refractivity contribution in [3.63, 3.8) is 0 Å². The summed E-state index contributed by atoms with van der Waals surface area (Å²) in [6, 6.07) is 3.54. The van der Waals surface area contributed by atoms with E-state index in [2.05, 4.69) is 16.4 Å². The van der Waals surface area contributed by atoms with Crippen LogP contribution in [0.15, 0.2) is 18.3 Å². The van der Waals surface area contributed by atoms with Crippen LogP contribution in [-0.2, 0) is 22.7 Å². The molecule has 0 radical (unpaired) electrons. The van der Waals surface area contributed by atoms with Gasteiger partial charge in [-0.25, -0.2) is 13.1 Å². The Balaban J connectivity index is 1.71. The maximum absolute atomic E-state index is 11.7. The molecular weight excluding hydrogens is 330 g/mol. The summed E-state index contributed by atoms with van der Waals surface area (Å²) < 4.78 is 30.3. The maximum atomic E-state index is 11.7. The summed E-state index contributed by atoms with van der Waals surface area (Å²) in [6.07, 6.45) is 3.98. The summed E-state index contributed by atoms with van der Waals surface area (Å²) in [5.74, 6) is 0.398. The number of aromatic nitrogens is 3. The largest absolute Gasteiger partial charge is 0.496 e. The zero-order chi connectivity index (χ0) is 16.9. The molecule has 1 saturated heterocycles. The molecule has 2 atom stereocenters. The highest BCUT2D eigenvalue weighted by Crippen LogP contribution is 2.36. The Bertz CT molecular complexity index is 891. The lowest BCUT2D eigenvalue weighted by molar-refractivity contribution is 0.145. The number of hydrogen-bond acceptors (Lipinski definition) is 6. The minimum atomic E-state index is -3.23. The first-order chi connectivity index (χ1) is 11.5. The van der Waals surface area contributed by atoms with Gasteiger partial charge >= 0.3 is 0 Å². The van der Waals surface area contributed by atoms with Crippen molar-refractivity contribution in [1.29, 1.82) is 0 Å². The van der Waals surface area contributed by atoms with E-state index in [0.717, 1.165) is 30.6 Å². The lowest BCUT2D eigenvalue weighted by Gasteiger charge is -2.12. The highest BCUT2D eigenvalue weighted by atomic mass is 32.2. The molecule has 7 nitrogen and oxygen atoms in total. The minimum absolute atomic E-state index is 0.113. The number of nitrogens with zero attached hydrogens (tertiary/aromatic N) is 3. The molecule has 2 aliphatic rings. The summed E-state index contributed by atoms with van der Waals surface area (Å²) in [5.41, 5.74) is 4.07. The zero-order valence-electron chi connectivity index (χ0n) is 13.3. The molecule has 1 aromatic heterocycles. The smallest absolute Gasteiger partial charge is 0.155 e. The van der Waals surface area contributed by atoms with Gasteiger partial charge in [-0.3, -0.25) is 0 Å². The van der Waals surface area contributed by atoms with E-state index in [-0.39, 0.29) is 11.5 Å². The Hall–Kier alpha value is -1.93. The number of aliphatic hydroxyl groups is 1. The Morgan fingerprint density at radius 2 is 2.00 bits per heavy atom. The molecule has 128 valence electrons. The molecule has 0 saturated carbocycles. The summed E-state index contributed by atoms with van der Waals surface area (Å²) in [4.78, 5) is 0. The van der Waals surface area contributed by atoms with Crippen LogP contribution < -0.4 is 4.74 Å². The van der Waals surface area contributed by atoms with Gasteiger partial charge in [0.05, 0.1) is 37.0 Å². The van der Waals surface area contributed by atoms with Gasteiger partial charge in [-0.1, -0.05) is 5.21 Å². The van der Waals surface area contributed by atoms with Crippen molar-refractivity contribution in [1.82, 2.24) is 15.0 Å². The number of methoxy groups -OCH3 is 1. The Morgan fingerprint density at radius 1 is 1.25 bits per heavy atom. The number of rotatable bonds is 3. The van der Waals surface area contributed by atoms with Crippen molar-refractivity contribution in [2.24, 2.45) is 0 Å². The van der Waals surface area contributed by atoms with Crippen LogP contribution in [0.25, 0.3) is 11.3 Å². The average molecular weight is 349 g/mol. The fourth-order valence-electron chi connectivity index (χ4n) is 3.60. The second-order valence-electron chi connectivity index (χ2n) is 6.47. The van der Waals surface area contributed by atoms with Crippen molar-refractivity contribution in [2.45, 2.75) is 31.4 Å². The van der Waals surface area contributed by atoms with Gasteiger partial charge in [0.15, 0.2) is 9.84 Å². The summed E-state index contributed by atoms with van der Waals surface area (Å²) >= 11 is 0. The number of hydrogen-bond donors (Lipinski definition) is 1. The molecule has 1 aromatic carbocycles. The van der Waals surface area contributed by atoms with Gasteiger partial charge < -0.3 is 9.84 Å². The number of aryl methyl sites for hydroxylation is 2. The highest BCUT2D eigenvalue weighted by Gasteiger charge is 2.38. The van der Waals surface area contributed by atoms with Gasteiger partial charge in [-0.15, -0.1) is 5.10 Å². The van der Waals surface area contributed by atoms with Crippen LogP contribution in [0.1, 0.15) is 23.6 Å². The molecule has 1 aliphatic carbocycles. The molecule has 1 aliphatic heterocycles. The number of ether oxygens (including phenoxy) is 1. The third-order valence-electron chi connectivity index (χ3n) is 4.83. The van der Waals surface area contributed by atoms with Crippen LogP contribution in [0.5, 0.6) is 5.75 Å². The summed E-state index contributed by atoms with van der Waals surface area (Å²) in [7, 11) is -1.61. The van der Waals surface area contributed by atoms with Crippen molar-refractivity contribution in [3.05, 3.63) is 29.5 Å². The van der Waals surface area contributed by atoms with Crippen LogP contribution in [0.4, 0.5) is 0 Å². The number of benzene rings is 1. The summed E-state index contributed by atoms with van der Waals surface area (Å²) in [5, 5.41) is 18.2. The van der Waals surface area contributed by atoms with Crippen LogP contribution >= 0.6 is 0 Å². The Kier molecular flexibility index (Phi) is 3.61. The van der Waals surface area contributed by atoms with Crippen LogP contribution in [0.3, 0.4) is 0 Å². The van der Waals surface area contributed by atoms with E-state index in [0.29, 0.717) is 5.69 Å². The van der Waals surface area contributed by atoms with Gasteiger partial charge in [-0.05, 0) is 42.5 Å². The van der Waals surface area contributed by atoms with E-state index in [4.69, 9.17) is 4.74 Å². The second kappa shape index (κ2) is 5.56. The zero-order valence-corrected chi connectivity index (χ0v) is 14.2. The van der Waals surface area contributed by atoms with Crippen molar-refractivity contribution >= 4 is 9.84 Å². The topological polar surface area (TPSA) is 94.3 Å². The Morgan fingerprint density at radius 3 is 2.67 bits per heavy atom. The first-order valence-corrected chi connectivity index (χ1v) is 9.79. The monoisotopic (exact) mass is 349 g/mol. The van der Waals surface area contributed by atoms with Crippen molar-refractivity contribution in [2.75, 3.05) is 18.6 Å². The van der Waals surface area contributed by atoms with Gasteiger partial charge in [0.25, 0.3) is 0 Å². The normalized spacial score (nSPS) is 24.9. The molecule has 1 fully saturated rings. The van der Waals surface area contributed by atoms with E-state index < -0.39 is 22.0 Å². The fraction of sp³-hybridized carbons (Fsp3) is 0.500. The average Bonchev–Trinajstić information content (AvgIpc) is 3.23.